The smallest absolute Gasteiger partial charge is 0.327 e. The lowest BCUT2D eigenvalue weighted by molar-refractivity contribution is -0.147. The highest BCUT2D eigenvalue weighted by Crippen LogP contribution is 2.32. The van der Waals surface area contributed by atoms with Gasteiger partial charge in [-0.05, 0) is 41.0 Å². The Kier molecular flexibility index (Phi) is 4.60. The SMILES string of the molecule is CCc1ccccc1[C@@H](C(=O)OC)N1CCc2sccc2C1. The Morgan fingerprint density at radius 1 is 1.36 bits per heavy atom. The van der Waals surface area contributed by atoms with E-state index in [1.807, 2.05) is 23.5 Å². The second kappa shape index (κ2) is 6.63. The molecule has 0 spiro atoms. The van der Waals surface area contributed by atoms with Gasteiger partial charge in [-0.15, -0.1) is 11.3 Å². The van der Waals surface area contributed by atoms with Gasteiger partial charge in [-0.1, -0.05) is 31.2 Å². The van der Waals surface area contributed by atoms with E-state index < -0.39 is 0 Å². The molecular weight excluding hydrogens is 294 g/mol. The number of ether oxygens (including phenoxy) is 1. The fourth-order valence-corrected chi connectivity index (χ4v) is 4.09. The number of carbonyl (C=O) groups is 1. The molecule has 0 saturated heterocycles. The van der Waals surface area contributed by atoms with Crippen LogP contribution < -0.4 is 0 Å². The summed E-state index contributed by atoms with van der Waals surface area (Å²) in [6, 6.07) is 10.1. The molecule has 3 nitrogen and oxygen atoms in total. The van der Waals surface area contributed by atoms with Crippen LogP contribution in [0, 0.1) is 0 Å². The molecule has 0 amide bonds. The number of nitrogens with zero attached hydrogens (tertiary/aromatic N) is 1. The molecule has 0 saturated carbocycles. The first-order valence-corrected chi connectivity index (χ1v) is 8.57. The minimum Gasteiger partial charge on any atom is -0.468 e. The van der Waals surface area contributed by atoms with Gasteiger partial charge in [-0.25, -0.2) is 4.79 Å². The third-order valence-electron chi connectivity index (χ3n) is 4.36. The molecule has 1 atom stereocenters. The van der Waals surface area contributed by atoms with Crippen LogP contribution in [-0.2, 0) is 28.9 Å². The highest BCUT2D eigenvalue weighted by atomic mass is 32.1. The molecule has 4 heteroatoms. The largest absolute Gasteiger partial charge is 0.468 e. The van der Waals surface area contributed by atoms with Crippen molar-refractivity contribution in [1.82, 2.24) is 4.90 Å². The average Bonchev–Trinajstić information content (AvgIpc) is 3.03. The normalized spacial score (nSPS) is 16.1. The molecule has 0 bridgehead atoms. The fraction of sp³-hybridized carbons (Fsp3) is 0.389. The van der Waals surface area contributed by atoms with Crippen molar-refractivity contribution in [3.05, 3.63) is 57.3 Å². The van der Waals surface area contributed by atoms with Gasteiger partial charge >= 0.3 is 5.97 Å². The van der Waals surface area contributed by atoms with Crippen LogP contribution in [0.5, 0.6) is 0 Å². The van der Waals surface area contributed by atoms with Crippen molar-refractivity contribution in [3.8, 4) is 0 Å². The van der Waals surface area contributed by atoms with Crippen molar-refractivity contribution in [2.75, 3.05) is 13.7 Å². The fourth-order valence-electron chi connectivity index (χ4n) is 3.20. The lowest BCUT2D eigenvalue weighted by Crippen LogP contribution is -2.38. The number of fused-ring (bicyclic) bond motifs is 1. The molecule has 0 unspecified atom stereocenters. The van der Waals surface area contributed by atoms with E-state index in [1.54, 1.807) is 0 Å². The van der Waals surface area contributed by atoms with Crippen LogP contribution in [0.15, 0.2) is 35.7 Å². The first-order valence-electron chi connectivity index (χ1n) is 7.69. The summed E-state index contributed by atoms with van der Waals surface area (Å²) < 4.78 is 5.11. The van der Waals surface area contributed by atoms with Crippen LogP contribution in [0.4, 0.5) is 0 Å². The molecule has 0 fully saturated rings. The van der Waals surface area contributed by atoms with E-state index in [1.165, 1.54) is 23.1 Å². The zero-order valence-electron chi connectivity index (χ0n) is 13.0. The van der Waals surface area contributed by atoms with Crippen LogP contribution in [0.3, 0.4) is 0 Å². The maximum atomic E-state index is 12.5. The van der Waals surface area contributed by atoms with E-state index >= 15 is 0 Å². The number of carbonyl (C=O) groups excluding carboxylic acids is 1. The van der Waals surface area contributed by atoms with Gasteiger partial charge in [0.2, 0.25) is 0 Å². The van der Waals surface area contributed by atoms with Crippen molar-refractivity contribution in [2.45, 2.75) is 32.4 Å². The van der Waals surface area contributed by atoms with Crippen LogP contribution in [-0.4, -0.2) is 24.5 Å². The minimum atomic E-state index is -0.311. The number of rotatable bonds is 4. The van der Waals surface area contributed by atoms with Gasteiger partial charge in [-0.3, -0.25) is 4.90 Å². The first-order chi connectivity index (χ1) is 10.7. The molecule has 1 aliphatic rings. The Balaban J connectivity index is 1.96. The predicted molar refractivity (Wildman–Crippen MR) is 89.0 cm³/mol. The summed E-state index contributed by atoms with van der Waals surface area (Å²) in [7, 11) is 1.48. The highest BCUT2D eigenvalue weighted by Gasteiger charge is 2.32. The Morgan fingerprint density at radius 3 is 2.95 bits per heavy atom. The third kappa shape index (κ3) is 2.81. The lowest BCUT2D eigenvalue weighted by atomic mass is 9.95. The highest BCUT2D eigenvalue weighted by molar-refractivity contribution is 7.10. The Morgan fingerprint density at radius 2 is 2.18 bits per heavy atom. The van der Waals surface area contributed by atoms with Crippen molar-refractivity contribution >= 4 is 17.3 Å². The molecule has 0 N–H and O–H groups in total. The van der Waals surface area contributed by atoms with Gasteiger partial charge < -0.3 is 4.74 Å². The summed E-state index contributed by atoms with van der Waals surface area (Å²) in [6.07, 6.45) is 1.93. The minimum absolute atomic E-state index is 0.167. The number of esters is 1. The van der Waals surface area contributed by atoms with Gasteiger partial charge in [0.25, 0.3) is 0 Å². The zero-order chi connectivity index (χ0) is 15.5. The molecule has 1 aromatic heterocycles. The summed E-state index contributed by atoms with van der Waals surface area (Å²) in [4.78, 5) is 16.2. The third-order valence-corrected chi connectivity index (χ3v) is 5.38. The van der Waals surface area contributed by atoms with Crippen molar-refractivity contribution < 1.29 is 9.53 Å². The van der Waals surface area contributed by atoms with E-state index in [0.29, 0.717) is 0 Å². The Labute approximate surface area is 135 Å². The van der Waals surface area contributed by atoms with Gasteiger partial charge in [0.1, 0.15) is 6.04 Å². The summed E-state index contributed by atoms with van der Waals surface area (Å²) in [6.45, 7) is 3.84. The Bertz CT molecular complexity index is 665. The standard InChI is InChI=1S/C18H21NO2S/c1-3-13-6-4-5-7-15(13)17(18(20)21-2)19-10-8-16-14(12-19)9-11-22-16/h4-7,9,11,17H,3,8,10,12H2,1-2H3/t17-/m0/s1. The summed E-state index contributed by atoms with van der Waals surface area (Å²) >= 11 is 1.81. The Hall–Kier alpha value is -1.65. The summed E-state index contributed by atoms with van der Waals surface area (Å²) in [5.74, 6) is -0.167. The molecule has 0 aliphatic carbocycles. The summed E-state index contributed by atoms with van der Waals surface area (Å²) in [5, 5.41) is 2.14. The molecule has 1 aliphatic heterocycles. The molecule has 2 heterocycles. The first kappa shape index (κ1) is 15.3. The molecular formula is C18H21NO2S. The zero-order valence-corrected chi connectivity index (χ0v) is 13.9. The molecule has 3 rings (SSSR count). The predicted octanol–water partition coefficient (Wildman–Crippen LogP) is 3.58. The monoisotopic (exact) mass is 315 g/mol. The maximum Gasteiger partial charge on any atom is 0.327 e. The number of methoxy groups -OCH3 is 1. The van der Waals surface area contributed by atoms with E-state index in [9.17, 15) is 4.79 Å². The molecule has 116 valence electrons. The topological polar surface area (TPSA) is 29.5 Å². The van der Waals surface area contributed by atoms with Crippen molar-refractivity contribution in [3.63, 3.8) is 0 Å². The van der Waals surface area contributed by atoms with Crippen LogP contribution in [0.2, 0.25) is 0 Å². The van der Waals surface area contributed by atoms with Crippen molar-refractivity contribution in [1.29, 1.82) is 0 Å². The van der Waals surface area contributed by atoms with E-state index in [0.717, 1.165) is 31.5 Å². The summed E-state index contributed by atoms with van der Waals surface area (Å²) in [5.41, 5.74) is 3.64. The van der Waals surface area contributed by atoms with Crippen molar-refractivity contribution in [2.24, 2.45) is 0 Å². The number of hydrogen-bond acceptors (Lipinski definition) is 4. The average molecular weight is 315 g/mol. The van der Waals surface area contributed by atoms with E-state index in [4.69, 9.17) is 4.74 Å². The van der Waals surface area contributed by atoms with Crippen LogP contribution in [0.1, 0.15) is 34.5 Å². The van der Waals surface area contributed by atoms with Gasteiger partial charge in [0, 0.05) is 18.0 Å². The van der Waals surface area contributed by atoms with Gasteiger partial charge in [-0.2, -0.15) is 0 Å². The number of thiophene rings is 1. The second-order valence-electron chi connectivity index (χ2n) is 5.57. The second-order valence-corrected chi connectivity index (χ2v) is 6.57. The maximum absolute atomic E-state index is 12.5. The number of aryl methyl sites for hydroxylation is 1. The van der Waals surface area contributed by atoms with E-state index in [2.05, 4.69) is 35.4 Å². The number of benzene rings is 1. The van der Waals surface area contributed by atoms with Gasteiger partial charge in [0.15, 0.2) is 0 Å². The van der Waals surface area contributed by atoms with Crippen LogP contribution >= 0.6 is 11.3 Å². The van der Waals surface area contributed by atoms with Gasteiger partial charge in [0.05, 0.1) is 7.11 Å². The molecule has 22 heavy (non-hydrogen) atoms. The molecule has 1 aromatic carbocycles. The molecule has 0 radical (unpaired) electrons. The number of hydrogen-bond donors (Lipinski definition) is 0. The van der Waals surface area contributed by atoms with E-state index in [-0.39, 0.29) is 12.0 Å². The van der Waals surface area contributed by atoms with Crippen LogP contribution in [0.25, 0.3) is 0 Å². The quantitative estimate of drug-likeness (QED) is 0.808. The molecule has 2 aromatic rings. The lowest BCUT2D eigenvalue weighted by Gasteiger charge is -2.34.